The van der Waals surface area contributed by atoms with Crippen LogP contribution >= 0.6 is 0 Å². The molecule has 3 heteroatoms. The Kier molecular flexibility index (Phi) is 4.55. The smallest absolute Gasteiger partial charge is 0.229 e. The Bertz CT molecular complexity index is 175. The Labute approximate surface area is 73.7 Å². The number of amides is 1. The Balaban J connectivity index is 3.85. The summed E-state index contributed by atoms with van der Waals surface area (Å²) in [7, 11) is 1.73. The van der Waals surface area contributed by atoms with Crippen molar-refractivity contribution < 1.29 is 9.59 Å². The van der Waals surface area contributed by atoms with Crippen LogP contribution < -0.4 is 0 Å². The molecule has 0 saturated carbocycles. The van der Waals surface area contributed by atoms with Crippen molar-refractivity contribution in [2.24, 2.45) is 5.92 Å². The molecule has 0 N–H and O–H groups in total. The minimum atomic E-state index is -0.0869. The van der Waals surface area contributed by atoms with Crippen LogP contribution in [0, 0.1) is 5.92 Å². The van der Waals surface area contributed by atoms with Crippen LogP contribution in [0.25, 0.3) is 0 Å². The molecule has 0 unspecified atom stereocenters. The fraction of sp³-hybridized carbons (Fsp3) is 0.778. The van der Waals surface area contributed by atoms with Gasteiger partial charge in [0.1, 0.15) is 5.78 Å². The quantitative estimate of drug-likeness (QED) is 0.593. The van der Waals surface area contributed by atoms with E-state index in [4.69, 9.17) is 0 Å². The first-order valence-electron chi connectivity index (χ1n) is 4.17. The maximum Gasteiger partial charge on any atom is 0.229 e. The SMILES string of the molecule is CC(=O)CC(=O)N(C)CC(C)C. The van der Waals surface area contributed by atoms with Crippen molar-refractivity contribution in [1.29, 1.82) is 0 Å². The number of hydrogen-bond donors (Lipinski definition) is 0. The number of carbonyl (C=O) groups is 2. The highest BCUT2D eigenvalue weighted by Gasteiger charge is 2.11. The average molecular weight is 171 g/mol. The molecule has 0 aliphatic rings. The van der Waals surface area contributed by atoms with E-state index in [0.29, 0.717) is 12.5 Å². The first-order chi connectivity index (χ1) is 5.43. The van der Waals surface area contributed by atoms with E-state index >= 15 is 0 Å². The van der Waals surface area contributed by atoms with Gasteiger partial charge in [0.15, 0.2) is 0 Å². The van der Waals surface area contributed by atoms with Crippen molar-refractivity contribution in [1.82, 2.24) is 4.90 Å². The summed E-state index contributed by atoms with van der Waals surface area (Å²) in [6.07, 6.45) is 0.0310. The number of Topliss-reactive ketones (excluding diaryl/α,β-unsaturated/α-hetero) is 1. The van der Waals surface area contributed by atoms with Crippen molar-refractivity contribution in [2.45, 2.75) is 27.2 Å². The second-order valence-corrected chi connectivity index (χ2v) is 3.55. The third kappa shape index (κ3) is 4.88. The average Bonchev–Trinajstić information content (AvgIpc) is 1.84. The molecule has 0 aliphatic carbocycles. The Morgan fingerprint density at radius 2 is 1.83 bits per heavy atom. The van der Waals surface area contributed by atoms with Crippen LogP contribution in [0.3, 0.4) is 0 Å². The van der Waals surface area contributed by atoms with Gasteiger partial charge in [-0.1, -0.05) is 13.8 Å². The summed E-state index contributed by atoms with van der Waals surface area (Å²) in [5.41, 5.74) is 0. The molecule has 0 radical (unpaired) electrons. The normalized spacial score (nSPS) is 10.1. The number of nitrogens with zero attached hydrogens (tertiary/aromatic N) is 1. The molecule has 0 fully saturated rings. The molecule has 0 aliphatic heterocycles. The van der Waals surface area contributed by atoms with Crippen molar-refractivity contribution in [3.63, 3.8) is 0 Å². The van der Waals surface area contributed by atoms with Gasteiger partial charge in [-0.15, -0.1) is 0 Å². The second-order valence-electron chi connectivity index (χ2n) is 3.55. The zero-order chi connectivity index (χ0) is 9.72. The van der Waals surface area contributed by atoms with Gasteiger partial charge < -0.3 is 4.90 Å². The standard InChI is InChI=1S/C9H17NO2/c1-7(2)6-10(4)9(12)5-8(3)11/h7H,5-6H2,1-4H3. The lowest BCUT2D eigenvalue weighted by molar-refractivity contribution is -0.134. The van der Waals surface area contributed by atoms with Crippen LogP contribution in [-0.4, -0.2) is 30.2 Å². The molecular weight excluding hydrogens is 154 g/mol. The number of rotatable bonds is 4. The molecule has 70 valence electrons. The third-order valence-corrected chi connectivity index (χ3v) is 1.46. The van der Waals surface area contributed by atoms with Crippen molar-refractivity contribution in [3.05, 3.63) is 0 Å². The van der Waals surface area contributed by atoms with E-state index in [0.717, 1.165) is 0 Å². The van der Waals surface area contributed by atoms with E-state index in [-0.39, 0.29) is 18.1 Å². The summed E-state index contributed by atoms with van der Waals surface area (Å²) in [4.78, 5) is 23.4. The van der Waals surface area contributed by atoms with Gasteiger partial charge in [0.2, 0.25) is 5.91 Å². The van der Waals surface area contributed by atoms with Crippen molar-refractivity contribution in [3.8, 4) is 0 Å². The van der Waals surface area contributed by atoms with Crippen LogP contribution in [-0.2, 0) is 9.59 Å². The van der Waals surface area contributed by atoms with Gasteiger partial charge in [-0.2, -0.15) is 0 Å². The fourth-order valence-corrected chi connectivity index (χ4v) is 0.997. The monoisotopic (exact) mass is 171 g/mol. The first-order valence-corrected chi connectivity index (χ1v) is 4.17. The highest BCUT2D eigenvalue weighted by molar-refractivity contribution is 5.96. The predicted octanol–water partition coefficient (Wildman–Crippen LogP) is 1.08. The van der Waals surface area contributed by atoms with E-state index < -0.39 is 0 Å². The van der Waals surface area contributed by atoms with Crippen LogP contribution in [0.15, 0.2) is 0 Å². The van der Waals surface area contributed by atoms with Gasteiger partial charge in [0.25, 0.3) is 0 Å². The lowest BCUT2D eigenvalue weighted by Crippen LogP contribution is -2.31. The topological polar surface area (TPSA) is 37.4 Å². The molecule has 0 rings (SSSR count). The van der Waals surface area contributed by atoms with Gasteiger partial charge in [-0.3, -0.25) is 9.59 Å². The highest BCUT2D eigenvalue weighted by Crippen LogP contribution is 1.98. The summed E-state index contributed by atoms with van der Waals surface area (Å²) < 4.78 is 0. The number of ketones is 1. The Hall–Kier alpha value is -0.860. The zero-order valence-corrected chi connectivity index (χ0v) is 8.26. The van der Waals surface area contributed by atoms with Crippen LogP contribution in [0.2, 0.25) is 0 Å². The molecular formula is C9H17NO2. The Morgan fingerprint density at radius 1 is 1.33 bits per heavy atom. The zero-order valence-electron chi connectivity index (χ0n) is 8.26. The summed E-state index contributed by atoms with van der Waals surface area (Å²) in [6.45, 7) is 6.22. The van der Waals surface area contributed by atoms with Crippen LogP contribution in [0.1, 0.15) is 27.2 Å². The van der Waals surface area contributed by atoms with Gasteiger partial charge in [-0.05, 0) is 12.8 Å². The summed E-state index contributed by atoms with van der Waals surface area (Å²) in [5.74, 6) is 0.290. The summed E-state index contributed by atoms with van der Waals surface area (Å²) in [5, 5.41) is 0. The van der Waals surface area contributed by atoms with Crippen LogP contribution in [0.5, 0.6) is 0 Å². The molecule has 0 heterocycles. The van der Waals surface area contributed by atoms with Gasteiger partial charge >= 0.3 is 0 Å². The molecule has 12 heavy (non-hydrogen) atoms. The molecule has 1 amide bonds. The largest absolute Gasteiger partial charge is 0.345 e. The summed E-state index contributed by atoms with van der Waals surface area (Å²) in [6, 6.07) is 0. The number of hydrogen-bond acceptors (Lipinski definition) is 2. The van der Waals surface area contributed by atoms with E-state index in [1.807, 2.05) is 13.8 Å². The predicted molar refractivity (Wildman–Crippen MR) is 47.8 cm³/mol. The number of carbonyl (C=O) groups excluding carboxylic acids is 2. The lowest BCUT2D eigenvalue weighted by Gasteiger charge is -2.18. The minimum absolute atomic E-state index is 0.0310. The Morgan fingerprint density at radius 3 is 2.17 bits per heavy atom. The van der Waals surface area contributed by atoms with E-state index in [2.05, 4.69) is 0 Å². The maximum absolute atomic E-state index is 11.2. The highest BCUT2D eigenvalue weighted by atomic mass is 16.2. The third-order valence-electron chi connectivity index (χ3n) is 1.46. The molecule has 0 aromatic rings. The van der Waals surface area contributed by atoms with Gasteiger partial charge in [0.05, 0.1) is 6.42 Å². The van der Waals surface area contributed by atoms with Gasteiger partial charge in [0, 0.05) is 13.6 Å². The van der Waals surface area contributed by atoms with E-state index in [1.165, 1.54) is 6.92 Å². The van der Waals surface area contributed by atoms with Crippen molar-refractivity contribution >= 4 is 11.7 Å². The first kappa shape index (κ1) is 11.1. The molecule has 0 aromatic heterocycles. The fourth-order valence-electron chi connectivity index (χ4n) is 0.997. The maximum atomic E-state index is 11.2. The molecule has 0 bridgehead atoms. The second kappa shape index (κ2) is 4.91. The van der Waals surface area contributed by atoms with E-state index in [9.17, 15) is 9.59 Å². The molecule has 0 spiro atoms. The molecule has 0 aromatic carbocycles. The van der Waals surface area contributed by atoms with Crippen molar-refractivity contribution in [2.75, 3.05) is 13.6 Å². The van der Waals surface area contributed by atoms with Gasteiger partial charge in [-0.25, -0.2) is 0 Å². The molecule has 0 atom stereocenters. The molecule has 0 saturated heterocycles. The minimum Gasteiger partial charge on any atom is -0.345 e. The van der Waals surface area contributed by atoms with E-state index in [1.54, 1.807) is 11.9 Å². The molecule has 3 nitrogen and oxygen atoms in total. The summed E-state index contributed by atoms with van der Waals surface area (Å²) >= 11 is 0. The van der Waals surface area contributed by atoms with Crippen LogP contribution in [0.4, 0.5) is 0 Å². The lowest BCUT2D eigenvalue weighted by atomic mass is 10.2.